The second-order valence-electron chi connectivity index (χ2n) is 4.74. The van der Waals surface area contributed by atoms with E-state index in [9.17, 15) is 9.59 Å². The highest BCUT2D eigenvalue weighted by Crippen LogP contribution is 2.07. The molecule has 100 valence electrons. The molecule has 0 bridgehead atoms. The third kappa shape index (κ3) is 5.56. The Kier molecular flexibility index (Phi) is 6.61. The molecule has 3 unspecified atom stereocenters. The summed E-state index contributed by atoms with van der Waals surface area (Å²) in [5.41, 5.74) is 0. The monoisotopic (exact) mass is 244 g/mol. The summed E-state index contributed by atoms with van der Waals surface area (Å²) in [5.74, 6) is -1.03. The van der Waals surface area contributed by atoms with E-state index in [2.05, 4.69) is 19.2 Å². The molecule has 5 nitrogen and oxygen atoms in total. The number of rotatable bonds is 6. The zero-order valence-electron chi connectivity index (χ0n) is 11.4. The molecule has 0 aromatic carbocycles. The van der Waals surface area contributed by atoms with E-state index in [1.807, 2.05) is 6.92 Å². The van der Waals surface area contributed by atoms with Crippen molar-refractivity contribution in [3.8, 4) is 0 Å². The Balaban J connectivity index is 4.18. The van der Waals surface area contributed by atoms with Crippen molar-refractivity contribution in [2.24, 2.45) is 11.8 Å². The van der Waals surface area contributed by atoms with Gasteiger partial charge in [-0.1, -0.05) is 27.2 Å². The number of carboxylic acids is 1. The highest BCUT2D eigenvalue weighted by atomic mass is 16.4. The number of carboxylic acid groups (broad SMARTS) is 1. The molecule has 2 N–H and O–H groups in total. The molecule has 0 aliphatic rings. The van der Waals surface area contributed by atoms with Crippen LogP contribution in [0.25, 0.3) is 0 Å². The normalized spacial score (nSPS) is 15.8. The second kappa shape index (κ2) is 7.14. The van der Waals surface area contributed by atoms with Crippen molar-refractivity contribution in [1.29, 1.82) is 0 Å². The van der Waals surface area contributed by atoms with Crippen LogP contribution in [0, 0.1) is 11.8 Å². The van der Waals surface area contributed by atoms with Crippen LogP contribution in [0.15, 0.2) is 0 Å². The fourth-order valence-corrected chi connectivity index (χ4v) is 1.37. The van der Waals surface area contributed by atoms with E-state index in [1.54, 1.807) is 14.0 Å². The van der Waals surface area contributed by atoms with Gasteiger partial charge < -0.3 is 15.3 Å². The number of nitrogens with zero attached hydrogens (tertiary/aromatic N) is 1. The molecule has 0 aromatic heterocycles. The minimum atomic E-state index is -0.889. The zero-order valence-corrected chi connectivity index (χ0v) is 11.4. The molecular formula is C12H24N2O3. The quantitative estimate of drug-likeness (QED) is 0.748. The van der Waals surface area contributed by atoms with Gasteiger partial charge in [0.2, 0.25) is 0 Å². The maximum atomic E-state index is 11.8. The van der Waals surface area contributed by atoms with Crippen LogP contribution in [0.5, 0.6) is 0 Å². The molecule has 0 aliphatic heterocycles. The topological polar surface area (TPSA) is 69.6 Å². The number of hydrogen-bond donors (Lipinski definition) is 2. The maximum absolute atomic E-state index is 11.8. The summed E-state index contributed by atoms with van der Waals surface area (Å²) in [5, 5.41) is 11.6. The predicted molar refractivity (Wildman–Crippen MR) is 66.9 cm³/mol. The van der Waals surface area contributed by atoms with E-state index in [0.29, 0.717) is 5.92 Å². The Bertz CT molecular complexity index is 268. The van der Waals surface area contributed by atoms with E-state index in [4.69, 9.17) is 5.11 Å². The lowest BCUT2D eigenvalue weighted by atomic mass is 10.0. The van der Waals surface area contributed by atoms with Crippen molar-refractivity contribution in [2.45, 2.75) is 40.2 Å². The Morgan fingerprint density at radius 2 is 1.82 bits per heavy atom. The fraction of sp³-hybridized carbons (Fsp3) is 0.833. The largest absolute Gasteiger partial charge is 0.481 e. The number of amides is 2. The first-order valence-corrected chi connectivity index (χ1v) is 6.04. The number of carbonyl (C=O) groups excluding carboxylic acids is 1. The van der Waals surface area contributed by atoms with Gasteiger partial charge >= 0.3 is 12.0 Å². The van der Waals surface area contributed by atoms with Gasteiger partial charge in [-0.2, -0.15) is 0 Å². The summed E-state index contributed by atoms with van der Waals surface area (Å²) < 4.78 is 0. The van der Waals surface area contributed by atoms with Gasteiger partial charge in [-0.05, 0) is 12.8 Å². The van der Waals surface area contributed by atoms with Crippen LogP contribution in [0.2, 0.25) is 0 Å². The van der Waals surface area contributed by atoms with E-state index < -0.39 is 11.9 Å². The molecule has 0 saturated heterocycles. The Labute approximate surface area is 103 Å². The molecule has 0 aromatic rings. The number of carbonyl (C=O) groups is 2. The van der Waals surface area contributed by atoms with Crippen molar-refractivity contribution in [3.05, 3.63) is 0 Å². The average molecular weight is 244 g/mol. The minimum absolute atomic E-state index is 0.0927. The van der Waals surface area contributed by atoms with Gasteiger partial charge in [0.25, 0.3) is 0 Å². The van der Waals surface area contributed by atoms with Crippen LogP contribution in [0.1, 0.15) is 34.1 Å². The molecule has 0 rings (SSSR count). The molecule has 0 radical (unpaired) electrons. The molecule has 0 spiro atoms. The summed E-state index contributed by atoms with van der Waals surface area (Å²) in [7, 11) is 1.61. The van der Waals surface area contributed by atoms with Crippen molar-refractivity contribution in [1.82, 2.24) is 10.2 Å². The van der Waals surface area contributed by atoms with Crippen molar-refractivity contribution in [2.75, 3.05) is 13.6 Å². The average Bonchev–Trinajstić information content (AvgIpc) is 2.27. The van der Waals surface area contributed by atoms with Gasteiger partial charge in [-0.15, -0.1) is 0 Å². The van der Waals surface area contributed by atoms with Gasteiger partial charge in [-0.25, -0.2) is 4.79 Å². The third-order valence-corrected chi connectivity index (χ3v) is 3.16. The first kappa shape index (κ1) is 15.7. The number of hydrogen-bond acceptors (Lipinski definition) is 2. The lowest BCUT2D eigenvalue weighted by Crippen LogP contribution is -2.46. The lowest BCUT2D eigenvalue weighted by molar-refractivity contribution is -0.141. The van der Waals surface area contributed by atoms with Gasteiger partial charge in [0.15, 0.2) is 0 Å². The van der Waals surface area contributed by atoms with Gasteiger partial charge in [0.1, 0.15) is 0 Å². The van der Waals surface area contributed by atoms with Crippen molar-refractivity contribution < 1.29 is 14.7 Å². The van der Waals surface area contributed by atoms with Gasteiger partial charge in [0.05, 0.1) is 5.92 Å². The summed E-state index contributed by atoms with van der Waals surface area (Å²) in [4.78, 5) is 23.8. The highest BCUT2D eigenvalue weighted by Gasteiger charge is 2.19. The third-order valence-electron chi connectivity index (χ3n) is 3.16. The zero-order chi connectivity index (χ0) is 13.6. The number of aliphatic carboxylic acids is 1. The minimum Gasteiger partial charge on any atom is -0.481 e. The van der Waals surface area contributed by atoms with Crippen molar-refractivity contribution >= 4 is 12.0 Å². The molecule has 0 saturated carbocycles. The molecule has 0 fully saturated rings. The molecule has 3 atom stereocenters. The Morgan fingerprint density at radius 3 is 2.24 bits per heavy atom. The number of nitrogens with one attached hydrogen (secondary N) is 1. The first-order valence-electron chi connectivity index (χ1n) is 6.04. The summed E-state index contributed by atoms with van der Waals surface area (Å²) in [6, 6.07) is -0.124. The smallest absolute Gasteiger partial charge is 0.317 e. The predicted octanol–water partition coefficient (Wildman–Crippen LogP) is 1.78. The van der Waals surface area contributed by atoms with E-state index >= 15 is 0 Å². The van der Waals surface area contributed by atoms with Gasteiger partial charge in [-0.3, -0.25) is 4.79 Å². The summed E-state index contributed by atoms with van der Waals surface area (Å²) >= 11 is 0. The van der Waals surface area contributed by atoms with Crippen LogP contribution in [-0.2, 0) is 4.79 Å². The molecule has 17 heavy (non-hydrogen) atoms. The standard InChI is InChI=1S/C12H24N2O3/c1-6-8(2)10(4)13-12(17)14(5)7-9(3)11(15)16/h8-10H,6-7H2,1-5H3,(H,13,17)(H,15,16). The maximum Gasteiger partial charge on any atom is 0.317 e. The Morgan fingerprint density at radius 1 is 1.29 bits per heavy atom. The Hall–Kier alpha value is -1.26. The van der Waals surface area contributed by atoms with E-state index in [0.717, 1.165) is 6.42 Å². The fourth-order valence-electron chi connectivity index (χ4n) is 1.37. The molecule has 0 heterocycles. The molecular weight excluding hydrogens is 220 g/mol. The van der Waals surface area contributed by atoms with Crippen LogP contribution in [0.3, 0.4) is 0 Å². The molecule has 5 heteroatoms. The van der Waals surface area contributed by atoms with Crippen LogP contribution in [0.4, 0.5) is 4.79 Å². The van der Waals surface area contributed by atoms with Crippen LogP contribution in [-0.4, -0.2) is 41.6 Å². The van der Waals surface area contributed by atoms with Crippen LogP contribution < -0.4 is 5.32 Å². The molecule has 2 amide bonds. The lowest BCUT2D eigenvalue weighted by Gasteiger charge is -2.25. The summed E-state index contributed by atoms with van der Waals surface area (Å²) in [6.45, 7) is 7.91. The van der Waals surface area contributed by atoms with E-state index in [1.165, 1.54) is 4.90 Å². The number of urea groups is 1. The molecule has 0 aliphatic carbocycles. The van der Waals surface area contributed by atoms with Gasteiger partial charge in [0, 0.05) is 19.6 Å². The second-order valence-corrected chi connectivity index (χ2v) is 4.74. The SMILES string of the molecule is CCC(C)C(C)NC(=O)N(C)CC(C)C(=O)O. The summed E-state index contributed by atoms with van der Waals surface area (Å²) in [6.07, 6.45) is 0.997. The van der Waals surface area contributed by atoms with Crippen LogP contribution >= 0.6 is 0 Å². The highest BCUT2D eigenvalue weighted by molar-refractivity contribution is 5.75. The van der Waals surface area contributed by atoms with E-state index in [-0.39, 0.29) is 18.6 Å². The first-order chi connectivity index (χ1) is 7.79. The van der Waals surface area contributed by atoms with Crippen molar-refractivity contribution in [3.63, 3.8) is 0 Å².